The average molecular weight is 411 g/mol. The van der Waals surface area contributed by atoms with Crippen molar-refractivity contribution in [3.8, 4) is 5.75 Å². The lowest BCUT2D eigenvalue weighted by Gasteiger charge is -2.31. The van der Waals surface area contributed by atoms with E-state index < -0.39 is 26.7 Å². The molecule has 150 valence electrons. The molecule has 28 heavy (non-hydrogen) atoms. The van der Waals surface area contributed by atoms with E-state index in [1.807, 2.05) is 26.0 Å². The third kappa shape index (κ3) is 4.01. The second kappa shape index (κ2) is 7.50. The van der Waals surface area contributed by atoms with Gasteiger partial charge >= 0.3 is 6.18 Å². The van der Waals surface area contributed by atoms with Crippen molar-refractivity contribution in [2.24, 2.45) is 0 Å². The van der Waals surface area contributed by atoms with Gasteiger partial charge in [-0.1, -0.05) is 30.7 Å². The van der Waals surface area contributed by atoms with E-state index in [0.717, 1.165) is 34.0 Å². The largest absolute Gasteiger partial charge is 0.489 e. The average Bonchev–Trinajstić information content (AvgIpc) is 2.66. The van der Waals surface area contributed by atoms with Gasteiger partial charge in [-0.05, 0) is 49.2 Å². The molecule has 3 rings (SSSR count). The molecule has 2 aromatic rings. The number of nitrogens with zero attached hydrogens (tertiary/aromatic N) is 1. The Kier molecular flexibility index (Phi) is 5.43. The molecule has 0 aromatic heterocycles. The summed E-state index contributed by atoms with van der Waals surface area (Å²) in [6, 6.07) is 8.96. The number of halogens is 3. The molecule has 1 aliphatic heterocycles. The van der Waals surface area contributed by atoms with Crippen LogP contribution in [0.1, 0.15) is 31.4 Å². The number of hydrogen-bond donors (Lipinski definition) is 0. The molecule has 0 saturated carbocycles. The van der Waals surface area contributed by atoms with E-state index in [0.29, 0.717) is 17.5 Å². The van der Waals surface area contributed by atoms with Gasteiger partial charge in [-0.2, -0.15) is 13.2 Å². The predicted molar refractivity (Wildman–Crippen MR) is 102 cm³/mol. The summed E-state index contributed by atoms with van der Waals surface area (Å²) in [4.78, 5) is -0.402. The van der Waals surface area contributed by atoms with Crippen LogP contribution in [0.2, 0.25) is 0 Å². The fourth-order valence-corrected chi connectivity index (χ4v) is 4.39. The number of fused-ring (bicyclic) bond motifs is 1. The highest BCUT2D eigenvalue weighted by Gasteiger charge is 2.34. The second-order valence-corrected chi connectivity index (χ2v) is 8.38. The molecule has 4 nitrogen and oxygen atoms in total. The molecule has 0 aliphatic carbocycles. The highest BCUT2D eigenvalue weighted by atomic mass is 32.2. The molecule has 0 radical (unpaired) electrons. The number of rotatable bonds is 4. The van der Waals surface area contributed by atoms with Gasteiger partial charge in [-0.3, -0.25) is 4.31 Å². The first-order valence-corrected chi connectivity index (χ1v) is 10.2. The zero-order valence-corrected chi connectivity index (χ0v) is 16.3. The Labute approximate surface area is 162 Å². The van der Waals surface area contributed by atoms with E-state index in [4.69, 9.17) is 4.74 Å². The van der Waals surface area contributed by atoms with Crippen molar-refractivity contribution in [2.45, 2.75) is 31.3 Å². The van der Waals surface area contributed by atoms with Crippen molar-refractivity contribution in [3.63, 3.8) is 0 Å². The molecule has 0 spiro atoms. The van der Waals surface area contributed by atoms with Crippen LogP contribution in [0.4, 0.5) is 18.9 Å². The van der Waals surface area contributed by atoms with Crippen LogP contribution in [0.15, 0.2) is 52.9 Å². The number of anilines is 1. The van der Waals surface area contributed by atoms with E-state index in [1.165, 1.54) is 6.07 Å². The van der Waals surface area contributed by atoms with Crippen molar-refractivity contribution in [2.75, 3.05) is 17.5 Å². The standard InChI is InChI=1S/C20H20F3NO3S/c1-3-14(2)11-15-7-8-19-18(12-15)24(9-10-27-19)28(25,26)17-6-4-5-16(13-17)20(21,22)23/h4-8,11-13H,3,9-10H2,1-2H3/b14-11-. The summed E-state index contributed by atoms with van der Waals surface area (Å²) in [5.41, 5.74) is 1.23. The zero-order valence-electron chi connectivity index (χ0n) is 15.5. The summed E-state index contributed by atoms with van der Waals surface area (Å²) in [6.07, 6.45) is -1.84. The van der Waals surface area contributed by atoms with Crippen molar-refractivity contribution < 1.29 is 26.3 Å². The fraction of sp³-hybridized carbons (Fsp3) is 0.300. The molecule has 0 N–H and O–H groups in total. The van der Waals surface area contributed by atoms with Gasteiger partial charge in [0.05, 0.1) is 22.7 Å². The SMILES string of the molecule is CC/C(C)=C\c1ccc2c(c1)N(S(=O)(=O)c1cccc(C(F)(F)F)c1)CCO2. The Morgan fingerprint density at radius 1 is 1.21 bits per heavy atom. The molecule has 2 aromatic carbocycles. The van der Waals surface area contributed by atoms with Gasteiger partial charge in [0.2, 0.25) is 0 Å². The van der Waals surface area contributed by atoms with Gasteiger partial charge in [-0.25, -0.2) is 8.42 Å². The summed E-state index contributed by atoms with van der Waals surface area (Å²) in [7, 11) is -4.18. The van der Waals surface area contributed by atoms with Crippen LogP contribution in [0.25, 0.3) is 6.08 Å². The van der Waals surface area contributed by atoms with Crippen molar-refractivity contribution >= 4 is 21.8 Å². The van der Waals surface area contributed by atoms with Gasteiger partial charge in [0.15, 0.2) is 0 Å². The maximum absolute atomic E-state index is 13.1. The molecule has 0 unspecified atom stereocenters. The number of allylic oxidation sites excluding steroid dienone is 1. The van der Waals surface area contributed by atoms with Crippen molar-refractivity contribution in [3.05, 3.63) is 59.2 Å². The summed E-state index contributed by atoms with van der Waals surface area (Å²) >= 11 is 0. The minimum Gasteiger partial charge on any atom is -0.489 e. The van der Waals surface area contributed by atoms with Gasteiger partial charge in [0, 0.05) is 0 Å². The first-order chi connectivity index (χ1) is 13.1. The Morgan fingerprint density at radius 2 is 1.96 bits per heavy atom. The topological polar surface area (TPSA) is 46.6 Å². The smallest absolute Gasteiger partial charge is 0.416 e. The van der Waals surface area contributed by atoms with Crippen LogP contribution in [0.3, 0.4) is 0 Å². The predicted octanol–water partition coefficient (Wildman–Crippen LogP) is 5.11. The van der Waals surface area contributed by atoms with E-state index in [2.05, 4.69) is 0 Å². The Hall–Kier alpha value is -2.48. The maximum atomic E-state index is 13.1. The first-order valence-electron chi connectivity index (χ1n) is 8.77. The summed E-state index contributed by atoms with van der Waals surface area (Å²) in [6.45, 7) is 4.12. The lowest BCUT2D eigenvalue weighted by atomic mass is 10.1. The van der Waals surface area contributed by atoms with Crippen LogP contribution in [0.5, 0.6) is 5.75 Å². The zero-order chi connectivity index (χ0) is 20.5. The lowest BCUT2D eigenvalue weighted by Crippen LogP contribution is -2.38. The second-order valence-electron chi connectivity index (χ2n) is 6.52. The minimum absolute atomic E-state index is 0.0194. The molecule has 0 bridgehead atoms. The first kappa shape index (κ1) is 20.3. The van der Waals surface area contributed by atoms with Crippen LogP contribution in [-0.2, 0) is 16.2 Å². The lowest BCUT2D eigenvalue weighted by molar-refractivity contribution is -0.137. The Bertz CT molecular complexity index is 1010. The van der Waals surface area contributed by atoms with Crippen molar-refractivity contribution in [1.82, 2.24) is 0 Å². The Morgan fingerprint density at radius 3 is 2.64 bits per heavy atom. The molecule has 0 saturated heterocycles. The van der Waals surface area contributed by atoms with E-state index in [1.54, 1.807) is 12.1 Å². The Balaban J connectivity index is 2.07. The number of ether oxygens (including phenoxy) is 1. The number of alkyl halides is 3. The third-order valence-electron chi connectivity index (χ3n) is 4.52. The molecular formula is C20H20F3NO3S. The van der Waals surface area contributed by atoms with Gasteiger partial charge < -0.3 is 4.74 Å². The normalized spacial score (nSPS) is 15.2. The van der Waals surface area contributed by atoms with Crippen molar-refractivity contribution in [1.29, 1.82) is 0 Å². The minimum atomic E-state index is -4.62. The van der Waals surface area contributed by atoms with Crippen LogP contribution < -0.4 is 9.04 Å². The summed E-state index contributed by atoms with van der Waals surface area (Å²) in [5, 5.41) is 0. The van der Waals surface area contributed by atoms with E-state index in [9.17, 15) is 21.6 Å². The van der Waals surface area contributed by atoms with E-state index in [-0.39, 0.29) is 13.2 Å². The molecule has 1 heterocycles. The highest BCUT2D eigenvalue weighted by Crippen LogP contribution is 2.37. The highest BCUT2D eigenvalue weighted by molar-refractivity contribution is 7.92. The molecule has 0 fully saturated rings. The number of hydrogen-bond acceptors (Lipinski definition) is 3. The van der Waals surface area contributed by atoms with Gasteiger partial charge in [-0.15, -0.1) is 0 Å². The fourth-order valence-electron chi connectivity index (χ4n) is 2.90. The monoisotopic (exact) mass is 411 g/mol. The molecule has 8 heteroatoms. The maximum Gasteiger partial charge on any atom is 0.416 e. The van der Waals surface area contributed by atoms with Gasteiger partial charge in [0.25, 0.3) is 10.0 Å². The molecule has 0 atom stereocenters. The number of benzene rings is 2. The summed E-state index contributed by atoms with van der Waals surface area (Å²) < 4.78 is 71.9. The molecule has 1 aliphatic rings. The molecular weight excluding hydrogens is 391 g/mol. The third-order valence-corrected chi connectivity index (χ3v) is 6.33. The van der Waals surface area contributed by atoms with Crippen LogP contribution in [0, 0.1) is 0 Å². The number of sulfonamides is 1. The van der Waals surface area contributed by atoms with Crippen LogP contribution in [-0.4, -0.2) is 21.6 Å². The van der Waals surface area contributed by atoms with Crippen LogP contribution >= 0.6 is 0 Å². The quantitative estimate of drug-likeness (QED) is 0.703. The van der Waals surface area contributed by atoms with Gasteiger partial charge in [0.1, 0.15) is 12.4 Å². The summed E-state index contributed by atoms with van der Waals surface area (Å²) in [5.74, 6) is 0.383. The molecule has 0 amide bonds. The van der Waals surface area contributed by atoms with E-state index >= 15 is 0 Å².